The molecular weight excluding hydrogens is 354 g/mol. The Labute approximate surface area is 155 Å². The van der Waals surface area contributed by atoms with Gasteiger partial charge in [0, 0.05) is 31.7 Å². The van der Waals surface area contributed by atoms with Crippen LogP contribution in [-0.2, 0) is 26.0 Å². The van der Waals surface area contributed by atoms with Gasteiger partial charge in [-0.1, -0.05) is 0 Å². The van der Waals surface area contributed by atoms with Crippen LogP contribution in [0, 0.1) is 0 Å². The van der Waals surface area contributed by atoms with Gasteiger partial charge >= 0.3 is 0 Å². The van der Waals surface area contributed by atoms with Crippen molar-refractivity contribution in [1.82, 2.24) is 9.62 Å². The Kier molecular flexibility index (Phi) is 5.96. The van der Waals surface area contributed by atoms with Gasteiger partial charge in [-0.15, -0.1) is 0 Å². The third-order valence-electron chi connectivity index (χ3n) is 4.72. The first-order chi connectivity index (χ1) is 12.3. The molecule has 8 heteroatoms. The van der Waals surface area contributed by atoms with Crippen molar-refractivity contribution in [3.8, 4) is 0 Å². The monoisotopic (exact) mass is 381 g/mol. The van der Waals surface area contributed by atoms with Crippen LogP contribution in [-0.4, -0.2) is 57.6 Å². The molecule has 0 aromatic heterocycles. The van der Waals surface area contributed by atoms with Crippen molar-refractivity contribution in [3.05, 3.63) is 23.8 Å². The summed E-state index contributed by atoms with van der Waals surface area (Å²) in [6, 6.07) is 4.86. The molecule has 2 unspecified atom stereocenters. The second-order valence-corrected chi connectivity index (χ2v) is 8.90. The number of amides is 1. The predicted molar refractivity (Wildman–Crippen MR) is 99.6 cm³/mol. The number of hydrogen-bond acceptors (Lipinski definition) is 5. The highest BCUT2D eigenvalue weighted by atomic mass is 32.2. The zero-order chi connectivity index (χ0) is 18.7. The summed E-state index contributed by atoms with van der Waals surface area (Å²) in [4.78, 5) is 14.0. The molecule has 0 spiro atoms. The number of morpholine rings is 1. The van der Waals surface area contributed by atoms with Crippen molar-refractivity contribution >= 4 is 21.6 Å². The molecule has 7 nitrogen and oxygen atoms in total. The average Bonchev–Trinajstić information content (AvgIpc) is 2.57. The number of anilines is 1. The van der Waals surface area contributed by atoms with Crippen LogP contribution in [0.4, 0.5) is 5.69 Å². The van der Waals surface area contributed by atoms with Gasteiger partial charge < -0.3 is 10.1 Å². The van der Waals surface area contributed by atoms with Gasteiger partial charge in [0.15, 0.2) is 0 Å². The molecule has 2 aliphatic rings. The molecule has 0 bridgehead atoms. The molecule has 2 aliphatic heterocycles. The minimum atomic E-state index is -3.54. The van der Waals surface area contributed by atoms with Crippen molar-refractivity contribution in [1.29, 1.82) is 0 Å². The standard InChI is InChI=1S/C18H27N3O4S/c1-13-11-21(12-14(2)25-13)9-3-8-19-26(23,24)16-5-6-17-15(10-16)4-7-18(22)20-17/h5-6,10,13-14,19H,3-4,7-9,11-12H2,1-2H3,(H,20,22). The molecule has 1 saturated heterocycles. The van der Waals surface area contributed by atoms with E-state index >= 15 is 0 Å². The molecule has 1 aromatic rings. The summed E-state index contributed by atoms with van der Waals surface area (Å²) in [5.41, 5.74) is 1.57. The molecule has 0 aliphatic carbocycles. The Morgan fingerprint density at radius 1 is 1.23 bits per heavy atom. The van der Waals surface area contributed by atoms with Crippen molar-refractivity contribution < 1.29 is 17.9 Å². The third-order valence-corrected chi connectivity index (χ3v) is 6.18. The molecule has 1 amide bonds. The first-order valence-electron chi connectivity index (χ1n) is 9.14. The van der Waals surface area contributed by atoms with Gasteiger partial charge in [0.25, 0.3) is 0 Å². The van der Waals surface area contributed by atoms with Gasteiger partial charge in [-0.05, 0) is 57.0 Å². The molecule has 2 atom stereocenters. The summed E-state index contributed by atoms with van der Waals surface area (Å²) in [6.07, 6.45) is 2.13. The van der Waals surface area contributed by atoms with E-state index in [1.807, 2.05) is 0 Å². The number of hydrogen-bond donors (Lipinski definition) is 2. The van der Waals surface area contributed by atoms with Crippen LogP contribution in [0.1, 0.15) is 32.3 Å². The molecule has 1 fully saturated rings. The molecule has 144 valence electrons. The normalized spacial score (nSPS) is 24.2. The van der Waals surface area contributed by atoms with Crippen molar-refractivity contribution in [2.24, 2.45) is 0 Å². The van der Waals surface area contributed by atoms with Crippen LogP contribution >= 0.6 is 0 Å². The highest BCUT2D eigenvalue weighted by Crippen LogP contribution is 2.25. The van der Waals surface area contributed by atoms with Crippen LogP contribution in [0.25, 0.3) is 0 Å². The van der Waals surface area contributed by atoms with Crippen LogP contribution in [0.5, 0.6) is 0 Å². The molecule has 1 aromatic carbocycles. The maximum Gasteiger partial charge on any atom is 0.240 e. The van der Waals surface area contributed by atoms with Crippen LogP contribution < -0.4 is 10.0 Å². The maximum absolute atomic E-state index is 12.5. The first kappa shape index (κ1) is 19.3. The highest BCUT2D eigenvalue weighted by Gasteiger charge is 2.22. The quantitative estimate of drug-likeness (QED) is 0.727. The third kappa shape index (κ3) is 4.82. The van der Waals surface area contributed by atoms with Gasteiger partial charge in [0.05, 0.1) is 17.1 Å². The average molecular weight is 381 g/mol. The first-order valence-corrected chi connectivity index (χ1v) is 10.6. The number of nitrogens with zero attached hydrogens (tertiary/aromatic N) is 1. The fourth-order valence-electron chi connectivity index (χ4n) is 3.59. The number of fused-ring (bicyclic) bond motifs is 1. The lowest BCUT2D eigenvalue weighted by Crippen LogP contribution is -2.46. The van der Waals surface area contributed by atoms with E-state index in [2.05, 4.69) is 28.8 Å². The minimum absolute atomic E-state index is 0.0296. The van der Waals surface area contributed by atoms with Gasteiger partial charge in [-0.2, -0.15) is 0 Å². The molecule has 0 saturated carbocycles. The van der Waals surface area contributed by atoms with Crippen LogP contribution in [0.2, 0.25) is 0 Å². The zero-order valence-electron chi connectivity index (χ0n) is 15.3. The molecule has 0 radical (unpaired) electrons. The van der Waals surface area contributed by atoms with Crippen molar-refractivity contribution in [3.63, 3.8) is 0 Å². The van der Waals surface area contributed by atoms with E-state index in [0.717, 1.165) is 31.6 Å². The number of nitrogens with one attached hydrogen (secondary N) is 2. The predicted octanol–water partition coefficient (Wildman–Crippen LogP) is 1.35. The van der Waals surface area contributed by atoms with E-state index < -0.39 is 10.0 Å². The highest BCUT2D eigenvalue weighted by molar-refractivity contribution is 7.89. The van der Waals surface area contributed by atoms with Crippen molar-refractivity contribution in [2.45, 2.75) is 50.2 Å². The van der Waals surface area contributed by atoms with E-state index in [4.69, 9.17) is 4.74 Å². The lowest BCUT2D eigenvalue weighted by Gasteiger charge is -2.35. The van der Waals surface area contributed by atoms with E-state index in [1.54, 1.807) is 12.1 Å². The number of rotatable bonds is 6. The zero-order valence-corrected chi connectivity index (χ0v) is 16.1. The summed E-state index contributed by atoms with van der Waals surface area (Å²) in [7, 11) is -3.54. The lowest BCUT2D eigenvalue weighted by atomic mass is 10.0. The number of aryl methyl sites for hydroxylation is 1. The fourth-order valence-corrected chi connectivity index (χ4v) is 4.71. The number of sulfonamides is 1. The Morgan fingerprint density at radius 2 is 1.96 bits per heavy atom. The molecule has 3 rings (SSSR count). The topological polar surface area (TPSA) is 87.7 Å². The summed E-state index contributed by atoms with van der Waals surface area (Å²) in [6.45, 7) is 7.13. The molecule has 2 heterocycles. The van der Waals surface area contributed by atoms with Gasteiger partial charge in [-0.25, -0.2) is 13.1 Å². The summed E-state index contributed by atoms with van der Waals surface area (Å²) < 4.78 is 33.4. The van der Waals surface area contributed by atoms with Gasteiger partial charge in [-0.3, -0.25) is 9.69 Å². The summed E-state index contributed by atoms with van der Waals surface area (Å²) >= 11 is 0. The Balaban J connectivity index is 1.52. The Hall–Kier alpha value is -1.48. The lowest BCUT2D eigenvalue weighted by molar-refractivity contribution is -0.116. The van der Waals surface area contributed by atoms with E-state index in [9.17, 15) is 13.2 Å². The number of carbonyl (C=O) groups is 1. The molecule has 26 heavy (non-hydrogen) atoms. The number of benzene rings is 1. The van der Waals surface area contributed by atoms with E-state index in [-0.39, 0.29) is 23.0 Å². The minimum Gasteiger partial charge on any atom is -0.373 e. The SMILES string of the molecule is CC1CN(CCCNS(=O)(=O)c2ccc3c(c2)CCC(=O)N3)CC(C)O1. The largest absolute Gasteiger partial charge is 0.373 e. The fraction of sp³-hybridized carbons (Fsp3) is 0.611. The van der Waals surface area contributed by atoms with E-state index in [0.29, 0.717) is 25.1 Å². The maximum atomic E-state index is 12.5. The number of ether oxygens (including phenoxy) is 1. The molecular formula is C18H27N3O4S. The summed E-state index contributed by atoms with van der Waals surface area (Å²) in [5.74, 6) is -0.0296. The van der Waals surface area contributed by atoms with Crippen LogP contribution in [0.3, 0.4) is 0 Å². The number of carbonyl (C=O) groups excluding carboxylic acids is 1. The smallest absolute Gasteiger partial charge is 0.240 e. The Bertz CT molecular complexity index is 756. The van der Waals surface area contributed by atoms with Gasteiger partial charge in [0.2, 0.25) is 15.9 Å². The second kappa shape index (κ2) is 8.04. The van der Waals surface area contributed by atoms with Crippen molar-refractivity contribution in [2.75, 3.05) is 31.5 Å². The van der Waals surface area contributed by atoms with Crippen LogP contribution in [0.15, 0.2) is 23.1 Å². The Morgan fingerprint density at radius 3 is 2.69 bits per heavy atom. The van der Waals surface area contributed by atoms with E-state index in [1.165, 1.54) is 6.07 Å². The van der Waals surface area contributed by atoms with Gasteiger partial charge in [0.1, 0.15) is 0 Å². The summed E-state index contributed by atoms with van der Waals surface area (Å²) in [5, 5.41) is 2.76. The second-order valence-electron chi connectivity index (χ2n) is 7.14. The molecule has 2 N–H and O–H groups in total.